The van der Waals surface area contributed by atoms with Crippen molar-refractivity contribution in [3.8, 4) is 11.5 Å². The molecule has 0 aromatic heterocycles. The second-order valence-electron chi connectivity index (χ2n) is 9.80. The van der Waals surface area contributed by atoms with Gasteiger partial charge in [-0.25, -0.2) is 0 Å². The number of anilines is 1. The number of phenols is 2. The molecule has 10 nitrogen and oxygen atoms in total. The number of likely N-dealkylation sites (tertiary alicyclic amines) is 1. The van der Waals surface area contributed by atoms with Crippen LogP contribution in [0.1, 0.15) is 62.6 Å². The number of amides is 1. The van der Waals surface area contributed by atoms with Gasteiger partial charge in [-0.1, -0.05) is 38.1 Å². The standard InChI is InChI=1S/C27H36N6O4/c1-4-22(31-37)26(29)33(25(28)21-13-20(16(2)3)23(34)14-24(21)35)19-7-5-17(6-8-19)15-32-11-9-18(10-12-32)27(30)36/h5-8,13-14,16,18,22,28-29,34-35H,4,9-12,15H2,1-3H3,(H2,30,36). The van der Waals surface area contributed by atoms with E-state index in [1.54, 1.807) is 19.1 Å². The average Bonchev–Trinajstić information content (AvgIpc) is 2.86. The van der Waals surface area contributed by atoms with E-state index >= 15 is 0 Å². The number of hydrogen-bond donors (Lipinski definition) is 5. The maximum Gasteiger partial charge on any atom is 0.220 e. The van der Waals surface area contributed by atoms with E-state index in [1.165, 1.54) is 17.0 Å². The first-order valence-corrected chi connectivity index (χ1v) is 12.5. The minimum atomic E-state index is -0.976. The first-order chi connectivity index (χ1) is 17.6. The van der Waals surface area contributed by atoms with Gasteiger partial charge in [-0.3, -0.25) is 25.4 Å². The first kappa shape index (κ1) is 27.8. The molecule has 1 aliphatic rings. The molecule has 37 heavy (non-hydrogen) atoms. The third kappa shape index (κ3) is 6.32. The van der Waals surface area contributed by atoms with E-state index < -0.39 is 6.04 Å². The minimum Gasteiger partial charge on any atom is -0.508 e. The summed E-state index contributed by atoms with van der Waals surface area (Å²) in [6.07, 6.45) is 1.76. The molecule has 2 aromatic rings. The van der Waals surface area contributed by atoms with E-state index in [0.29, 0.717) is 17.8 Å². The topological polar surface area (TPSA) is 167 Å². The Bertz CT molecular complexity index is 1160. The van der Waals surface area contributed by atoms with E-state index in [9.17, 15) is 19.9 Å². The van der Waals surface area contributed by atoms with Crippen LogP contribution in [-0.4, -0.2) is 51.8 Å². The smallest absolute Gasteiger partial charge is 0.220 e. The number of nitrogens with two attached hydrogens (primary N) is 1. The summed E-state index contributed by atoms with van der Waals surface area (Å²) < 4.78 is 0. The third-order valence-corrected chi connectivity index (χ3v) is 6.91. The summed E-state index contributed by atoms with van der Waals surface area (Å²) in [7, 11) is 0. The Morgan fingerprint density at radius 3 is 2.27 bits per heavy atom. The molecular formula is C27H36N6O4. The van der Waals surface area contributed by atoms with Crippen LogP contribution in [0, 0.1) is 21.6 Å². The number of nitrogens with one attached hydrogen (secondary N) is 2. The fourth-order valence-corrected chi connectivity index (χ4v) is 4.61. The number of nitroso groups, excluding NO2 is 1. The molecule has 0 saturated carbocycles. The number of carbonyl (C=O) groups is 1. The minimum absolute atomic E-state index is 0.0626. The molecule has 1 heterocycles. The number of nitrogens with zero attached hydrogens (tertiary/aromatic N) is 3. The monoisotopic (exact) mass is 508 g/mol. The van der Waals surface area contributed by atoms with Crippen molar-refractivity contribution in [3.63, 3.8) is 0 Å². The van der Waals surface area contributed by atoms with Crippen molar-refractivity contribution >= 4 is 23.3 Å². The molecule has 1 unspecified atom stereocenters. The maximum atomic E-state index is 11.5. The van der Waals surface area contributed by atoms with Crippen molar-refractivity contribution in [2.75, 3.05) is 18.0 Å². The Balaban J connectivity index is 1.90. The van der Waals surface area contributed by atoms with Crippen molar-refractivity contribution in [1.82, 2.24) is 4.90 Å². The highest BCUT2D eigenvalue weighted by atomic mass is 16.3. The molecule has 2 aromatic carbocycles. The summed E-state index contributed by atoms with van der Waals surface area (Å²) in [5.41, 5.74) is 7.62. The van der Waals surface area contributed by atoms with Gasteiger partial charge in [0.25, 0.3) is 0 Å². The Hall–Kier alpha value is -3.79. The fraction of sp³-hybridized carbons (Fsp3) is 0.444. The second kappa shape index (κ2) is 12.0. The van der Waals surface area contributed by atoms with Crippen LogP contribution in [0.4, 0.5) is 5.69 Å². The fourth-order valence-electron chi connectivity index (χ4n) is 4.61. The molecule has 6 N–H and O–H groups in total. The highest BCUT2D eigenvalue weighted by molar-refractivity contribution is 6.25. The number of rotatable bonds is 9. The molecule has 3 rings (SSSR count). The lowest BCUT2D eigenvalue weighted by atomic mass is 9.96. The highest BCUT2D eigenvalue weighted by Gasteiger charge is 2.28. The first-order valence-electron chi connectivity index (χ1n) is 12.5. The van der Waals surface area contributed by atoms with E-state index in [-0.39, 0.29) is 52.9 Å². The molecule has 1 fully saturated rings. The predicted molar refractivity (Wildman–Crippen MR) is 144 cm³/mol. The Morgan fingerprint density at radius 1 is 1.14 bits per heavy atom. The van der Waals surface area contributed by atoms with Crippen LogP contribution in [-0.2, 0) is 11.3 Å². The lowest BCUT2D eigenvalue weighted by Crippen LogP contribution is -2.42. The third-order valence-electron chi connectivity index (χ3n) is 6.91. The summed E-state index contributed by atoms with van der Waals surface area (Å²) in [6, 6.07) is 9.09. The van der Waals surface area contributed by atoms with Crippen LogP contribution in [0.5, 0.6) is 11.5 Å². The number of primary amides is 1. The molecule has 10 heteroatoms. The lowest BCUT2D eigenvalue weighted by molar-refractivity contribution is -0.123. The van der Waals surface area contributed by atoms with Crippen molar-refractivity contribution in [2.45, 2.75) is 58.5 Å². The van der Waals surface area contributed by atoms with Gasteiger partial charge in [-0.05, 0) is 67.6 Å². The molecule has 0 radical (unpaired) electrons. The van der Waals surface area contributed by atoms with E-state index in [4.69, 9.17) is 16.6 Å². The summed E-state index contributed by atoms with van der Waals surface area (Å²) in [5, 5.41) is 41.5. The van der Waals surface area contributed by atoms with Crippen LogP contribution < -0.4 is 10.6 Å². The van der Waals surface area contributed by atoms with Crippen molar-refractivity contribution < 1.29 is 15.0 Å². The van der Waals surface area contributed by atoms with Gasteiger partial charge in [0.15, 0.2) is 0 Å². The van der Waals surface area contributed by atoms with Gasteiger partial charge >= 0.3 is 0 Å². The molecule has 0 bridgehead atoms. The van der Waals surface area contributed by atoms with E-state index in [1.807, 2.05) is 26.0 Å². The van der Waals surface area contributed by atoms with E-state index in [2.05, 4.69) is 10.1 Å². The zero-order chi connectivity index (χ0) is 27.3. The quantitative estimate of drug-likeness (QED) is 0.192. The Morgan fingerprint density at radius 2 is 1.76 bits per heavy atom. The number of amidine groups is 2. The Labute approximate surface area is 217 Å². The molecule has 1 amide bonds. The maximum absolute atomic E-state index is 11.5. The number of piperidine rings is 1. The van der Waals surface area contributed by atoms with Crippen molar-refractivity contribution in [1.29, 1.82) is 10.8 Å². The molecule has 0 aliphatic carbocycles. The average molecular weight is 509 g/mol. The van der Waals surface area contributed by atoms with Crippen LogP contribution in [0.15, 0.2) is 41.6 Å². The molecule has 1 aliphatic heterocycles. The number of aromatic hydroxyl groups is 2. The SMILES string of the molecule is CCC(N=O)C(=N)N(C(=N)c1cc(C(C)C)c(O)cc1O)c1ccc(CN2CCC(C(N)=O)CC2)cc1. The number of benzene rings is 2. The van der Waals surface area contributed by atoms with Crippen molar-refractivity contribution in [3.05, 3.63) is 58.0 Å². The predicted octanol–water partition coefficient (Wildman–Crippen LogP) is 4.27. The van der Waals surface area contributed by atoms with E-state index in [0.717, 1.165) is 31.5 Å². The van der Waals surface area contributed by atoms with Crippen molar-refractivity contribution in [2.24, 2.45) is 16.8 Å². The summed E-state index contributed by atoms with van der Waals surface area (Å²) >= 11 is 0. The van der Waals surface area contributed by atoms with Gasteiger partial charge in [-0.15, -0.1) is 0 Å². The van der Waals surface area contributed by atoms with Gasteiger partial charge < -0.3 is 15.9 Å². The van der Waals surface area contributed by atoms with Gasteiger partial charge in [0, 0.05) is 24.2 Å². The molecule has 1 atom stereocenters. The number of phenolic OH excluding ortho intramolecular Hbond substituents is 2. The van der Waals surface area contributed by atoms with Crippen LogP contribution in [0.2, 0.25) is 0 Å². The largest absolute Gasteiger partial charge is 0.508 e. The summed E-state index contributed by atoms with van der Waals surface area (Å²) in [5.74, 6) is -1.13. The lowest BCUT2D eigenvalue weighted by Gasteiger charge is -2.31. The van der Waals surface area contributed by atoms with Crippen LogP contribution >= 0.6 is 0 Å². The van der Waals surface area contributed by atoms with Crippen LogP contribution in [0.25, 0.3) is 0 Å². The molecule has 198 valence electrons. The van der Waals surface area contributed by atoms with Crippen LogP contribution in [0.3, 0.4) is 0 Å². The van der Waals surface area contributed by atoms with Gasteiger partial charge in [0.05, 0.1) is 5.56 Å². The molecule has 0 spiro atoms. The van der Waals surface area contributed by atoms with Gasteiger partial charge in [0.1, 0.15) is 29.2 Å². The second-order valence-corrected chi connectivity index (χ2v) is 9.80. The highest BCUT2D eigenvalue weighted by Crippen LogP contribution is 2.34. The van der Waals surface area contributed by atoms with Gasteiger partial charge in [0.2, 0.25) is 5.91 Å². The Kier molecular flexibility index (Phi) is 8.99. The molecule has 1 saturated heterocycles. The summed E-state index contributed by atoms with van der Waals surface area (Å²) in [4.78, 5) is 26.4. The normalized spacial score (nSPS) is 15.4. The summed E-state index contributed by atoms with van der Waals surface area (Å²) in [6.45, 7) is 7.75. The molecular weight excluding hydrogens is 472 g/mol. The van der Waals surface area contributed by atoms with Gasteiger partial charge in [-0.2, -0.15) is 4.91 Å². The number of hydrogen-bond acceptors (Lipinski definition) is 8. The number of carbonyl (C=O) groups excluding carboxylic acids is 1. The zero-order valence-electron chi connectivity index (χ0n) is 21.6. The zero-order valence-corrected chi connectivity index (χ0v) is 21.6.